The zero-order valence-corrected chi connectivity index (χ0v) is 14.2. The van der Waals surface area contributed by atoms with Crippen LogP contribution in [0.25, 0.3) is 22.6 Å². The Morgan fingerprint density at radius 2 is 1.74 bits per heavy atom. The first-order valence-corrected chi connectivity index (χ1v) is 7.74. The maximum absolute atomic E-state index is 5.93. The summed E-state index contributed by atoms with van der Waals surface area (Å²) in [6.07, 6.45) is 0. The van der Waals surface area contributed by atoms with E-state index in [1.54, 1.807) is 0 Å². The van der Waals surface area contributed by atoms with Crippen molar-refractivity contribution in [2.75, 3.05) is 5.73 Å². The van der Waals surface area contributed by atoms with Gasteiger partial charge >= 0.3 is 0 Å². The van der Waals surface area contributed by atoms with Gasteiger partial charge in [-0.25, -0.2) is 4.98 Å². The van der Waals surface area contributed by atoms with Crippen LogP contribution in [0.1, 0.15) is 0 Å². The van der Waals surface area contributed by atoms with Gasteiger partial charge in [0, 0.05) is 14.5 Å². The first-order chi connectivity index (χ1) is 9.06. The summed E-state index contributed by atoms with van der Waals surface area (Å²) in [5.41, 5.74) is 8.87. The van der Waals surface area contributed by atoms with Crippen LogP contribution < -0.4 is 5.73 Å². The summed E-state index contributed by atoms with van der Waals surface area (Å²) in [6.45, 7) is 0. The van der Waals surface area contributed by atoms with Crippen LogP contribution in [0.2, 0.25) is 0 Å². The van der Waals surface area contributed by atoms with Gasteiger partial charge in [-0.1, -0.05) is 15.9 Å². The molecule has 0 amide bonds. The molecule has 0 spiro atoms. The third-order valence-corrected chi connectivity index (χ3v) is 4.69. The quantitative estimate of drug-likeness (QED) is 0.511. The third kappa shape index (κ3) is 2.32. The minimum absolute atomic E-state index is 0.570. The second-order valence-electron chi connectivity index (χ2n) is 3.96. The van der Waals surface area contributed by atoms with Crippen LogP contribution in [0, 0.1) is 0 Å². The number of anilines is 1. The third-order valence-electron chi connectivity index (χ3n) is 2.70. The number of hydrogen-bond donors (Lipinski definition) is 1. The molecule has 3 rings (SSSR count). The molecule has 0 unspecified atom stereocenters. The number of rotatable bonds is 1. The number of benzene rings is 2. The highest BCUT2D eigenvalue weighted by atomic mass is 79.9. The molecule has 0 aliphatic heterocycles. The fourth-order valence-corrected chi connectivity index (χ4v) is 3.16. The van der Waals surface area contributed by atoms with Gasteiger partial charge in [0.2, 0.25) is 5.89 Å². The molecule has 2 aromatic carbocycles. The lowest BCUT2D eigenvalue weighted by Gasteiger charge is -1.99. The van der Waals surface area contributed by atoms with Gasteiger partial charge < -0.3 is 10.2 Å². The smallest absolute Gasteiger partial charge is 0.227 e. The van der Waals surface area contributed by atoms with Gasteiger partial charge in [-0.05, 0) is 62.2 Å². The Kier molecular flexibility index (Phi) is 3.41. The van der Waals surface area contributed by atoms with Crippen molar-refractivity contribution >= 4 is 64.6 Å². The number of nitrogen functional groups attached to an aromatic ring is 1. The van der Waals surface area contributed by atoms with Gasteiger partial charge in [0.25, 0.3) is 0 Å². The molecule has 6 heteroatoms. The number of hydrogen-bond acceptors (Lipinski definition) is 3. The van der Waals surface area contributed by atoms with E-state index in [-0.39, 0.29) is 0 Å². The molecule has 3 aromatic rings. The molecule has 1 heterocycles. The van der Waals surface area contributed by atoms with Gasteiger partial charge in [-0.15, -0.1) is 0 Å². The van der Waals surface area contributed by atoms with Gasteiger partial charge in [-0.3, -0.25) is 0 Å². The second-order valence-corrected chi connectivity index (χ2v) is 6.52. The van der Waals surface area contributed by atoms with Crippen LogP contribution in [0.5, 0.6) is 0 Å². The van der Waals surface area contributed by atoms with Crippen LogP contribution in [0.15, 0.2) is 48.2 Å². The van der Waals surface area contributed by atoms with Crippen LogP contribution in [-0.2, 0) is 0 Å². The van der Waals surface area contributed by atoms with Gasteiger partial charge in [0.15, 0.2) is 5.58 Å². The summed E-state index contributed by atoms with van der Waals surface area (Å²) in [6, 6.07) is 9.61. The van der Waals surface area contributed by atoms with Crippen LogP contribution in [0.3, 0.4) is 0 Å². The molecular weight excluding hydrogens is 440 g/mol. The second kappa shape index (κ2) is 4.92. The number of nitrogens with two attached hydrogens (primary N) is 1. The van der Waals surface area contributed by atoms with Gasteiger partial charge in [0.1, 0.15) is 5.52 Å². The molecule has 1 aromatic heterocycles. The van der Waals surface area contributed by atoms with Crippen LogP contribution in [-0.4, -0.2) is 4.98 Å². The van der Waals surface area contributed by atoms with Crippen molar-refractivity contribution in [2.45, 2.75) is 0 Å². The summed E-state index contributed by atoms with van der Waals surface area (Å²) in [5.74, 6) is 0.570. The fraction of sp³-hybridized carbons (Fsp3) is 0. The maximum atomic E-state index is 5.93. The Morgan fingerprint density at radius 3 is 2.42 bits per heavy atom. The average molecular weight is 447 g/mol. The normalized spacial score (nSPS) is 11.1. The molecule has 0 aliphatic rings. The molecule has 19 heavy (non-hydrogen) atoms. The first-order valence-electron chi connectivity index (χ1n) is 5.36. The number of aromatic nitrogens is 1. The van der Waals surface area contributed by atoms with Crippen LogP contribution >= 0.6 is 47.8 Å². The fourth-order valence-electron chi connectivity index (χ4n) is 1.73. The molecule has 0 saturated carbocycles. The van der Waals surface area contributed by atoms with Crippen LogP contribution in [0.4, 0.5) is 5.69 Å². The molecular formula is C13H7Br3N2O. The lowest BCUT2D eigenvalue weighted by molar-refractivity contribution is 0.619. The molecule has 3 nitrogen and oxygen atoms in total. The van der Waals surface area contributed by atoms with E-state index in [0.717, 1.165) is 24.5 Å². The SMILES string of the molecule is Nc1c(Br)cc2oc(-c3ccc(Br)cc3)nc2c1Br. The Balaban J connectivity index is 2.22. The minimum atomic E-state index is 0.570. The maximum Gasteiger partial charge on any atom is 0.227 e. The van der Waals surface area contributed by atoms with Gasteiger partial charge in [0.05, 0.1) is 10.2 Å². The molecule has 0 aliphatic carbocycles. The van der Waals surface area contributed by atoms with E-state index in [1.807, 2.05) is 30.3 Å². The number of oxazole rings is 1. The monoisotopic (exact) mass is 444 g/mol. The molecule has 2 N–H and O–H groups in total. The molecule has 0 atom stereocenters. The summed E-state index contributed by atoms with van der Waals surface area (Å²) in [5, 5.41) is 0. The molecule has 0 bridgehead atoms. The summed E-state index contributed by atoms with van der Waals surface area (Å²) in [4.78, 5) is 4.48. The molecule has 0 fully saturated rings. The van der Waals surface area contributed by atoms with Crippen molar-refractivity contribution in [3.63, 3.8) is 0 Å². The summed E-state index contributed by atoms with van der Waals surface area (Å²) >= 11 is 10.2. The van der Waals surface area contributed by atoms with E-state index in [4.69, 9.17) is 10.2 Å². The lowest BCUT2D eigenvalue weighted by atomic mass is 10.2. The van der Waals surface area contributed by atoms with E-state index in [0.29, 0.717) is 17.2 Å². The standard InChI is InChI=1S/C13H7Br3N2O/c14-7-3-1-6(2-4-7)13-18-12-9(19-13)5-8(15)11(17)10(12)16/h1-5H,17H2. The first kappa shape index (κ1) is 13.1. The number of nitrogens with zero attached hydrogens (tertiary/aromatic N) is 1. The van der Waals surface area contributed by atoms with E-state index < -0.39 is 0 Å². The molecule has 0 saturated heterocycles. The number of halogens is 3. The van der Waals surface area contributed by atoms with E-state index in [1.165, 1.54) is 0 Å². The molecule has 0 radical (unpaired) electrons. The van der Waals surface area contributed by atoms with Crippen molar-refractivity contribution in [3.8, 4) is 11.5 Å². The van der Waals surface area contributed by atoms with Crippen molar-refractivity contribution < 1.29 is 4.42 Å². The summed E-state index contributed by atoms with van der Waals surface area (Å²) < 4.78 is 8.31. The Bertz CT molecular complexity index is 766. The number of fused-ring (bicyclic) bond motifs is 1. The van der Waals surface area contributed by atoms with Crippen molar-refractivity contribution in [1.29, 1.82) is 0 Å². The summed E-state index contributed by atoms with van der Waals surface area (Å²) in [7, 11) is 0. The predicted octanol–water partition coefficient (Wildman–Crippen LogP) is 5.36. The largest absolute Gasteiger partial charge is 0.436 e. The van der Waals surface area contributed by atoms with Crippen molar-refractivity contribution in [2.24, 2.45) is 0 Å². The van der Waals surface area contributed by atoms with Crippen molar-refractivity contribution in [1.82, 2.24) is 4.98 Å². The highest BCUT2D eigenvalue weighted by Gasteiger charge is 2.14. The molecule has 96 valence electrons. The average Bonchev–Trinajstić information content (AvgIpc) is 2.81. The Labute approximate surface area is 134 Å². The van der Waals surface area contributed by atoms with Gasteiger partial charge in [-0.2, -0.15) is 0 Å². The Hall–Kier alpha value is -0.850. The van der Waals surface area contributed by atoms with E-state index in [2.05, 4.69) is 52.8 Å². The topological polar surface area (TPSA) is 52.0 Å². The lowest BCUT2D eigenvalue weighted by Crippen LogP contribution is -1.88. The Morgan fingerprint density at radius 1 is 1.05 bits per heavy atom. The zero-order chi connectivity index (χ0) is 13.6. The zero-order valence-electron chi connectivity index (χ0n) is 9.45. The minimum Gasteiger partial charge on any atom is -0.436 e. The van der Waals surface area contributed by atoms with Crippen molar-refractivity contribution in [3.05, 3.63) is 43.7 Å². The highest BCUT2D eigenvalue weighted by molar-refractivity contribution is 9.11. The van der Waals surface area contributed by atoms with E-state index >= 15 is 0 Å². The predicted molar refractivity (Wildman–Crippen MR) is 87.0 cm³/mol. The highest BCUT2D eigenvalue weighted by Crippen LogP contribution is 2.37. The van der Waals surface area contributed by atoms with E-state index in [9.17, 15) is 0 Å².